The van der Waals surface area contributed by atoms with E-state index >= 15 is 0 Å². The van der Waals surface area contributed by atoms with E-state index in [1.165, 1.54) is 0 Å². The van der Waals surface area contributed by atoms with Crippen molar-refractivity contribution in [2.45, 2.75) is 51.7 Å². The topological polar surface area (TPSA) is 21.3 Å². The van der Waals surface area contributed by atoms with Crippen molar-refractivity contribution in [2.75, 3.05) is 13.2 Å². The maximum absolute atomic E-state index is 13.7. The van der Waals surface area contributed by atoms with E-state index in [-0.39, 0.29) is 17.5 Å². The van der Waals surface area contributed by atoms with Crippen LogP contribution in [0.4, 0.5) is 4.39 Å². The second-order valence-corrected chi connectivity index (χ2v) is 5.71. The first-order chi connectivity index (χ1) is 9.05. The summed E-state index contributed by atoms with van der Waals surface area (Å²) in [6.07, 6.45) is 3.15. The molecule has 0 saturated carbocycles. The third kappa shape index (κ3) is 3.34. The Kier molecular flexibility index (Phi) is 4.58. The highest BCUT2D eigenvalue weighted by molar-refractivity contribution is 5.28. The molecule has 1 fully saturated rings. The first kappa shape index (κ1) is 14.5. The second-order valence-electron chi connectivity index (χ2n) is 5.71. The third-order valence-electron chi connectivity index (χ3n) is 3.86. The summed E-state index contributed by atoms with van der Waals surface area (Å²) in [7, 11) is 0. The highest BCUT2D eigenvalue weighted by Gasteiger charge is 2.39. The number of benzene rings is 1. The van der Waals surface area contributed by atoms with Gasteiger partial charge in [0.2, 0.25) is 0 Å². The Morgan fingerprint density at radius 1 is 1.42 bits per heavy atom. The van der Waals surface area contributed by atoms with Crippen LogP contribution in [0.5, 0.6) is 0 Å². The Hall–Kier alpha value is -0.930. The van der Waals surface area contributed by atoms with Crippen LogP contribution < -0.4 is 5.32 Å². The van der Waals surface area contributed by atoms with Crippen molar-refractivity contribution in [3.05, 3.63) is 35.1 Å². The number of hydrogen-bond acceptors (Lipinski definition) is 2. The average molecular weight is 265 g/mol. The van der Waals surface area contributed by atoms with Gasteiger partial charge in [-0.25, -0.2) is 4.39 Å². The van der Waals surface area contributed by atoms with E-state index in [0.29, 0.717) is 0 Å². The lowest BCUT2D eigenvalue weighted by Crippen LogP contribution is -2.41. The van der Waals surface area contributed by atoms with Crippen molar-refractivity contribution in [3.8, 4) is 0 Å². The quantitative estimate of drug-likeness (QED) is 0.875. The minimum Gasteiger partial charge on any atom is -0.373 e. The van der Waals surface area contributed by atoms with Gasteiger partial charge < -0.3 is 10.1 Å². The number of nitrogens with one attached hydrogen (secondary N) is 1. The van der Waals surface area contributed by atoms with Gasteiger partial charge in [0, 0.05) is 6.61 Å². The Morgan fingerprint density at radius 3 is 2.79 bits per heavy atom. The summed E-state index contributed by atoms with van der Waals surface area (Å²) in [5.74, 6) is -0.167. The maximum atomic E-state index is 13.7. The molecule has 0 amide bonds. The minimum absolute atomic E-state index is 0.0596. The Labute approximate surface area is 115 Å². The summed E-state index contributed by atoms with van der Waals surface area (Å²) >= 11 is 0. The first-order valence-electron chi connectivity index (χ1n) is 7.19. The van der Waals surface area contributed by atoms with Crippen LogP contribution in [0.1, 0.15) is 50.3 Å². The summed E-state index contributed by atoms with van der Waals surface area (Å²) < 4.78 is 19.6. The molecule has 106 valence electrons. The Balaban J connectivity index is 2.30. The monoisotopic (exact) mass is 265 g/mol. The molecule has 3 heteroatoms. The molecule has 2 nitrogen and oxygen atoms in total. The highest BCUT2D eigenvalue weighted by atomic mass is 19.1. The standard InChI is InChI=1S/C16H24FNO/c1-4-7-18-15(16(3)6-5-8-19-16)13-9-12(2)10-14(17)11-13/h9-11,15,18H,4-8H2,1-3H3. The van der Waals surface area contributed by atoms with Crippen LogP contribution in [0.15, 0.2) is 18.2 Å². The van der Waals surface area contributed by atoms with E-state index in [1.807, 2.05) is 6.92 Å². The molecule has 2 rings (SSSR count). The fourth-order valence-electron chi connectivity index (χ4n) is 2.93. The van der Waals surface area contributed by atoms with E-state index in [4.69, 9.17) is 4.74 Å². The van der Waals surface area contributed by atoms with Gasteiger partial charge in [0.05, 0.1) is 11.6 Å². The van der Waals surface area contributed by atoms with Crippen molar-refractivity contribution >= 4 is 0 Å². The van der Waals surface area contributed by atoms with Gasteiger partial charge in [-0.3, -0.25) is 0 Å². The Morgan fingerprint density at radius 2 is 2.21 bits per heavy atom. The lowest BCUT2D eigenvalue weighted by Gasteiger charge is -2.34. The molecule has 1 aliphatic heterocycles. The van der Waals surface area contributed by atoms with Crippen molar-refractivity contribution in [1.29, 1.82) is 0 Å². The molecule has 0 aliphatic carbocycles. The van der Waals surface area contributed by atoms with E-state index < -0.39 is 0 Å². The predicted molar refractivity (Wildman–Crippen MR) is 75.8 cm³/mol. The number of rotatable bonds is 5. The second kappa shape index (κ2) is 6.02. The molecule has 0 spiro atoms. The fourth-order valence-corrected chi connectivity index (χ4v) is 2.93. The number of ether oxygens (including phenoxy) is 1. The molecule has 2 atom stereocenters. The maximum Gasteiger partial charge on any atom is 0.123 e. The van der Waals surface area contributed by atoms with Crippen LogP contribution >= 0.6 is 0 Å². The van der Waals surface area contributed by atoms with Crippen molar-refractivity contribution in [1.82, 2.24) is 5.32 Å². The summed E-state index contributed by atoms with van der Waals surface area (Å²) in [4.78, 5) is 0. The van der Waals surface area contributed by atoms with Gasteiger partial charge in [-0.15, -0.1) is 0 Å². The molecule has 2 unspecified atom stereocenters. The fraction of sp³-hybridized carbons (Fsp3) is 0.625. The van der Waals surface area contributed by atoms with Gasteiger partial charge in [0.15, 0.2) is 0 Å². The van der Waals surface area contributed by atoms with Crippen LogP contribution in [0.2, 0.25) is 0 Å². The lowest BCUT2D eigenvalue weighted by molar-refractivity contribution is -0.0125. The summed E-state index contributed by atoms with van der Waals surface area (Å²) in [5, 5.41) is 3.53. The van der Waals surface area contributed by atoms with Gasteiger partial charge in [0.25, 0.3) is 0 Å². The number of hydrogen-bond donors (Lipinski definition) is 1. The molecule has 19 heavy (non-hydrogen) atoms. The summed E-state index contributed by atoms with van der Waals surface area (Å²) in [6, 6.07) is 5.32. The largest absolute Gasteiger partial charge is 0.373 e. The average Bonchev–Trinajstić information content (AvgIpc) is 2.76. The van der Waals surface area contributed by atoms with Crippen LogP contribution in [0.3, 0.4) is 0 Å². The predicted octanol–water partition coefficient (Wildman–Crippen LogP) is 3.74. The third-order valence-corrected chi connectivity index (χ3v) is 3.86. The molecule has 1 aromatic carbocycles. The van der Waals surface area contributed by atoms with E-state index in [2.05, 4.69) is 25.2 Å². The van der Waals surface area contributed by atoms with E-state index in [1.54, 1.807) is 12.1 Å². The summed E-state index contributed by atoms with van der Waals surface area (Å²) in [5.41, 5.74) is 1.73. The molecule has 0 aromatic heterocycles. The minimum atomic E-state index is -0.227. The lowest BCUT2D eigenvalue weighted by atomic mass is 9.87. The van der Waals surface area contributed by atoms with Crippen LogP contribution in [-0.2, 0) is 4.74 Å². The van der Waals surface area contributed by atoms with Crippen molar-refractivity contribution < 1.29 is 9.13 Å². The SMILES string of the molecule is CCCNC(c1cc(C)cc(F)c1)C1(C)CCCO1. The molecule has 1 aliphatic rings. The van der Waals surface area contributed by atoms with Gasteiger partial charge in [0.1, 0.15) is 5.82 Å². The van der Waals surface area contributed by atoms with Gasteiger partial charge >= 0.3 is 0 Å². The molecule has 1 saturated heterocycles. The number of aryl methyl sites for hydroxylation is 1. The molecule has 0 bridgehead atoms. The van der Waals surface area contributed by atoms with E-state index in [9.17, 15) is 4.39 Å². The smallest absolute Gasteiger partial charge is 0.123 e. The number of halogens is 1. The van der Waals surface area contributed by atoms with Gasteiger partial charge in [-0.1, -0.05) is 13.0 Å². The Bertz CT molecular complexity index is 407. The van der Waals surface area contributed by atoms with Crippen molar-refractivity contribution in [3.63, 3.8) is 0 Å². The van der Waals surface area contributed by atoms with Crippen LogP contribution in [0, 0.1) is 12.7 Å². The van der Waals surface area contributed by atoms with Crippen molar-refractivity contribution in [2.24, 2.45) is 0 Å². The zero-order chi connectivity index (χ0) is 13.9. The zero-order valence-electron chi connectivity index (χ0n) is 12.1. The summed E-state index contributed by atoms with van der Waals surface area (Å²) in [6.45, 7) is 7.92. The highest BCUT2D eigenvalue weighted by Crippen LogP contribution is 2.37. The van der Waals surface area contributed by atoms with Gasteiger partial charge in [-0.2, -0.15) is 0 Å². The normalized spacial score (nSPS) is 24.6. The molecule has 1 aromatic rings. The first-order valence-corrected chi connectivity index (χ1v) is 7.19. The van der Waals surface area contributed by atoms with Crippen LogP contribution in [-0.4, -0.2) is 18.8 Å². The molecule has 1 N–H and O–H groups in total. The zero-order valence-corrected chi connectivity index (χ0v) is 12.1. The van der Waals surface area contributed by atoms with E-state index in [0.717, 1.165) is 43.5 Å². The molecular weight excluding hydrogens is 241 g/mol. The van der Waals surface area contributed by atoms with Crippen LogP contribution in [0.25, 0.3) is 0 Å². The molecule has 1 heterocycles. The molecular formula is C16H24FNO. The molecule has 0 radical (unpaired) electrons. The van der Waals surface area contributed by atoms with Gasteiger partial charge in [-0.05, 0) is 62.9 Å².